The second-order valence-electron chi connectivity index (χ2n) is 5.63. The molecule has 1 saturated heterocycles. The highest BCUT2D eigenvalue weighted by atomic mass is 35.5. The average molecular weight is 399 g/mol. The van der Waals surface area contributed by atoms with Crippen molar-refractivity contribution >= 4 is 41.3 Å². The quantitative estimate of drug-likeness (QED) is 0.683. The Balaban J connectivity index is 0.00000243. The van der Waals surface area contributed by atoms with Crippen molar-refractivity contribution in [2.75, 3.05) is 25.0 Å². The highest BCUT2D eigenvalue weighted by Gasteiger charge is 2.21. The molecule has 1 aliphatic rings. The lowest BCUT2D eigenvalue weighted by molar-refractivity contribution is -0.139. The van der Waals surface area contributed by atoms with Crippen LogP contribution in [0.4, 0.5) is 5.69 Å². The molecule has 1 amide bonds. The molecule has 2 heterocycles. The molecule has 140 valence electrons. The molecule has 0 aliphatic carbocycles. The summed E-state index contributed by atoms with van der Waals surface area (Å²) in [4.78, 5) is 22.7. The van der Waals surface area contributed by atoms with E-state index in [9.17, 15) is 9.59 Å². The molecule has 1 aromatic carbocycles. The maximum Gasteiger partial charge on any atom is 0.341 e. The second kappa shape index (κ2) is 9.46. The molecule has 0 saturated carbocycles. The van der Waals surface area contributed by atoms with Gasteiger partial charge in [-0.2, -0.15) is 0 Å². The minimum Gasteiger partial charge on any atom is -0.482 e. The maximum absolute atomic E-state index is 12.3. The lowest BCUT2D eigenvalue weighted by Gasteiger charge is -2.19. The van der Waals surface area contributed by atoms with Gasteiger partial charge in [0, 0.05) is 11.6 Å². The van der Waals surface area contributed by atoms with Crippen molar-refractivity contribution < 1.29 is 19.4 Å². The first-order valence-electron chi connectivity index (χ1n) is 7.92. The Morgan fingerprint density at radius 3 is 2.58 bits per heavy atom. The van der Waals surface area contributed by atoms with E-state index >= 15 is 0 Å². The lowest BCUT2D eigenvalue weighted by Crippen LogP contribution is -2.26. The number of piperidine rings is 1. The number of aliphatic carboxylic acids is 1. The average Bonchev–Trinajstić information content (AvgIpc) is 3.12. The summed E-state index contributed by atoms with van der Waals surface area (Å²) in [6.45, 7) is 1.51. The Labute approximate surface area is 160 Å². The zero-order chi connectivity index (χ0) is 17.6. The Hall–Kier alpha value is -2.23. The highest BCUT2D eigenvalue weighted by Crippen LogP contribution is 2.28. The van der Waals surface area contributed by atoms with Crippen LogP contribution in [-0.4, -0.2) is 46.9 Å². The third kappa shape index (κ3) is 5.38. The highest BCUT2D eigenvalue weighted by molar-refractivity contribution is 7.13. The lowest BCUT2D eigenvalue weighted by atomic mass is 9.99. The summed E-state index contributed by atoms with van der Waals surface area (Å²) in [5, 5.41) is 24.0. The predicted octanol–water partition coefficient (Wildman–Crippen LogP) is 2.14. The number of carboxylic acids is 1. The van der Waals surface area contributed by atoms with Gasteiger partial charge in [-0.25, -0.2) is 4.79 Å². The number of halogens is 1. The Morgan fingerprint density at radius 1 is 1.23 bits per heavy atom. The van der Waals surface area contributed by atoms with Gasteiger partial charge in [0.25, 0.3) is 5.91 Å². The van der Waals surface area contributed by atoms with Gasteiger partial charge in [-0.1, -0.05) is 11.3 Å². The van der Waals surface area contributed by atoms with E-state index in [0.29, 0.717) is 22.4 Å². The van der Waals surface area contributed by atoms with Crippen LogP contribution < -0.4 is 15.4 Å². The number of hydrogen-bond acceptors (Lipinski definition) is 7. The Bertz CT molecular complexity index is 747. The second-order valence-corrected chi connectivity index (χ2v) is 6.64. The number of nitrogens with zero attached hydrogens (tertiary/aromatic N) is 2. The first-order chi connectivity index (χ1) is 12.1. The molecule has 8 nitrogen and oxygen atoms in total. The molecule has 0 radical (unpaired) electrons. The zero-order valence-corrected chi connectivity index (χ0v) is 15.4. The molecule has 0 unspecified atom stereocenters. The number of carboxylic acid groups (broad SMARTS) is 1. The van der Waals surface area contributed by atoms with E-state index in [1.54, 1.807) is 24.3 Å². The molecule has 3 rings (SSSR count). The van der Waals surface area contributed by atoms with Gasteiger partial charge in [0.15, 0.2) is 6.61 Å². The monoisotopic (exact) mass is 398 g/mol. The van der Waals surface area contributed by atoms with E-state index in [4.69, 9.17) is 9.84 Å². The summed E-state index contributed by atoms with van der Waals surface area (Å²) >= 11 is 1.33. The minimum atomic E-state index is -1.04. The summed E-state index contributed by atoms with van der Waals surface area (Å²) in [6.07, 6.45) is 2.02. The Morgan fingerprint density at radius 2 is 1.92 bits per heavy atom. The number of amides is 1. The maximum atomic E-state index is 12.3. The minimum absolute atomic E-state index is 0. The predicted molar refractivity (Wildman–Crippen MR) is 99.5 cm³/mol. The van der Waals surface area contributed by atoms with E-state index < -0.39 is 12.6 Å². The van der Waals surface area contributed by atoms with E-state index in [0.717, 1.165) is 30.9 Å². The van der Waals surface area contributed by atoms with Crippen LogP contribution in [0, 0.1) is 0 Å². The number of carbonyl (C=O) groups excluding carboxylic acids is 1. The number of nitrogens with one attached hydrogen (secondary N) is 2. The molecule has 3 N–H and O–H groups in total. The van der Waals surface area contributed by atoms with Crippen molar-refractivity contribution in [3.8, 4) is 5.75 Å². The number of ether oxygens (including phenoxy) is 1. The molecular formula is C16H19ClN4O4S. The van der Waals surface area contributed by atoms with Gasteiger partial charge in [0.05, 0.1) is 0 Å². The van der Waals surface area contributed by atoms with Gasteiger partial charge < -0.3 is 20.5 Å². The molecule has 1 aliphatic heterocycles. The number of benzene rings is 1. The number of rotatable bonds is 6. The fourth-order valence-electron chi connectivity index (χ4n) is 2.52. The van der Waals surface area contributed by atoms with E-state index in [-0.39, 0.29) is 18.3 Å². The zero-order valence-electron chi connectivity index (χ0n) is 13.8. The molecule has 0 bridgehead atoms. The first-order valence-corrected chi connectivity index (χ1v) is 8.73. The molecule has 1 fully saturated rings. The van der Waals surface area contributed by atoms with Crippen molar-refractivity contribution in [3.63, 3.8) is 0 Å². The van der Waals surface area contributed by atoms with Crippen LogP contribution in [0.3, 0.4) is 0 Å². The molecule has 1 aromatic heterocycles. The van der Waals surface area contributed by atoms with Gasteiger partial charge >= 0.3 is 5.97 Å². The first kappa shape index (κ1) is 20.1. The molecule has 26 heavy (non-hydrogen) atoms. The normalized spacial score (nSPS) is 14.3. The van der Waals surface area contributed by atoms with Crippen LogP contribution in [-0.2, 0) is 4.79 Å². The number of anilines is 1. The third-order valence-electron chi connectivity index (χ3n) is 3.80. The van der Waals surface area contributed by atoms with Gasteiger partial charge in [0.1, 0.15) is 10.8 Å². The fraction of sp³-hybridized carbons (Fsp3) is 0.375. The van der Waals surface area contributed by atoms with Crippen LogP contribution in [0.15, 0.2) is 24.3 Å². The van der Waals surface area contributed by atoms with Crippen molar-refractivity contribution in [2.45, 2.75) is 18.8 Å². The van der Waals surface area contributed by atoms with Crippen LogP contribution in [0.5, 0.6) is 5.75 Å². The fourth-order valence-corrected chi connectivity index (χ4v) is 3.43. The van der Waals surface area contributed by atoms with Gasteiger partial charge in [-0.15, -0.1) is 22.6 Å². The molecule has 2 aromatic rings. The van der Waals surface area contributed by atoms with Crippen LogP contribution in [0.1, 0.15) is 33.6 Å². The molecule has 10 heteroatoms. The van der Waals surface area contributed by atoms with Crippen molar-refractivity contribution in [1.82, 2.24) is 15.5 Å². The largest absolute Gasteiger partial charge is 0.482 e. The number of hydrogen-bond donors (Lipinski definition) is 3. The summed E-state index contributed by atoms with van der Waals surface area (Å²) < 4.78 is 5.04. The molecule has 0 atom stereocenters. The SMILES string of the molecule is Cl.O=C(O)COc1ccc(NC(=O)c2nnc(C3CCNCC3)s2)cc1. The smallest absolute Gasteiger partial charge is 0.341 e. The van der Waals surface area contributed by atoms with Crippen LogP contribution >= 0.6 is 23.7 Å². The summed E-state index contributed by atoms with van der Waals surface area (Å²) in [7, 11) is 0. The summed E-state index contributed by atoms with van der Waals surface area (Å²) in [6, 6.07) is 6.48. The number of carbonyl (C=O) groups is 2. The van der Waals surface area contributed by atoms with Crippen LogP contribution in [0.25, 0.3) is 0 Å². The number of aromatic nitrogens is 2. The van der Waals surface area contributed by atoms with E-state index in [1.807, 2.05) is 0 Å². The van der Waals surface area contributed by atoms with Gasteiger partial charge in [-0.3, -0.25) is 4.79 Å². The topological polar surface area (TPSA) is 113 Å². The third-order valence-corrected chi connectivity index (χ3v) is 4.88. The summed E-state index contributed by atoms with van der Waals surface area (Å²) in [5.41, 5.74) is 0.575. The Kier molecular flexibility index (Phi) is 7.31. The molecular weight excluding hydrogens is 380 g/mol. The van der Waals surface area contributed by atoms with Gasteiger partial charge in [0.2, 0.25) is 5.01 Å². The summed E-state index contributed by atoms with van der Waals surface area (Å²) in [5.74, 6) is -0.564. The van der Waals surface area contributed by atoms with Crippen molar-refractivity contribution in [1.29, 1.82) is 0 Å². The molecule has 0 spiro atoms. The van der Waals surface area contributed by atoms with Crippen molar-refractivity contribution in [3.05, 3.63) is 34.3 Å². The van der Waals surface area contributed by atoms with Gasteiger partial charge in [-0.05, 0) is 50.2 Å². The van der Waals surface area contributed by atoms with Crippen LogP contribution in [0.2, 0.25) is 0 Å². The van der Waals surface area contributed by atoms with Crippen molar-refractivity contribution in [2.24, 2.45) is 0 Å². The van der Waals surface area contributed by atoms with E-state index in [1.165, 1.54) is 11.3 Å². The van der Waals surface area contributed by atoms with E-state index in [2.05, 4.69) is 20.8 Å². The standard InChI is InChI=1S/C16H18N4O4S.ClH/c21-13(22)9-24-12-3-1-11(2-4-12)18-14(23)16-20-19-15(25-16)10-5-7-17-8-6-10;/h1-4,10,17H,5-9H2,(H,18,23)(H,21,22);1H.